The minimum atomic E-state index is -0.463. The summed E-state index contributed by atoms with van der Waals surface area (Å²) >= 11 is 0. The van der Waals surface area contributed by atoms with Gasteiger partial charge in [-0.25, -0.2) is 4.39 Å². The quantitative estimate of drug-likeness (QED) is 0.667. The van der Waals surface area contributed by atoms with E-state index in [1.165, 1.54) is 19.2 Å². The summed E-state index contributed by atoms with van der Waals surface area (Å²) in [7, 11) is 2.90. The van der Waals surface area contributed by atoms with Crippen molar-refractivity contribution in [1.29, 1.82) is 0 Å². The fraction of sp³-hybridized carbons (Fsp3) is 0.333. The normalized spacial score (nSPS) is 11.6. The molecule has 1 unspecified atom stereocenters. The number of carbonyl (C=O) groups excluding carboxylic acids is 2. The Morgan fingerprint density at radius 3 is 2.15 bits per heavy atom. The molecule has 5 nitrogen and oxygen atoms in total. The molecule has 6 heteroatoms. The third-order valence-corrected chi connectivity index (χ3v) is 4.25. The summed E-state index contributed by atoms with van der Waals surface area (Å²) in [5, 5.41) is 0. The van der Waals surface area contributed by atoms with Crippen LogP contribution in [0.2, 0.25) is 0 Å². The lowest BCUT2D eigenvalue weighted by Gasteiger charge is -2.25. The van der Waals surface area contributed by atoms with Crippen molar-refractivity contribution in [2.24, 2.45) is 5.92 Å². The van der Waals surface area contributed by atoms with Crippen molar-refractivity contribution < 1.29 is 23.5 Å². The Hall–Kier alpha value is -2.89. The largest absolute Gasteiger partial charge is 0.497 e. The summed E-state index contributed by atoms with van der Waals surface area (Å²) in [6, 6.07) is 13.2. The molecule has 0 saturated carbocycles. The first kappa shape index (κ1) is 20.4. The van der Waals surface area contributed by atoms with Crippen LogP contribution in [0, 0.1) is 11.7 Å². The molecule has 1 atom stereocenters. The predicted octanol–water partition coefficient (Wildman–Crippen LogP) is 3.21. The van der Waals surface area contributed by atoms with Crippen LogP contribution in [-0.2, 0) is 27.3 Å². The van der Waals surface area contributed by atoms with Gasteiger partial charge in [-0.3, -0.25) is 9.59 Å². The highest BCUT2D eigenvalue weighted by atomic mass is 19.1. The lowest BCUT2D eigenvalue weighted by molar-refractivity contribution is -0.146. The summed E-state index contributed by atoms with van der Waals surface area (Å²) in [6.07, 6.45) is 0.194. The molecule has 2 rings (SSSR count). The number of rotatable bonds is 8. The van der Waals surface area contributed by atoms with Crippen LogP contribution >= 0.6 is 0 Å². The van der Waals surface area contributed by atoms with Gasteiger partial charge in [-0.1, -0.05) is 31.2 Å². The molecule has 2 aromatic carbocycles. The van der Waals surface area contributed by atoms with Crippen LogP contribution in [0.15, 0.2) is 48.5 Å². The van der Waals surface area contributed by atoms with E-state index in [2.05, 4.69) is 0 Å². The van der Waals surface area contributed by atoms with E-state index in [-0.39, 0.29) is 37.2 Å². The first-order valence-electron chi connectivity index (χ1n) is 8.66. The van der Waals surface area contributed by atoms with Gasteiger partial charge in [-0.15, -0.1) is 0 Å². The van der Waals surface area contributed by atoms with Gasteiger partial charge in [0, 0.05) is 13.1 Å². The molecule has 0 bridgehead atoms. The molecule has 144 valence electrons. The van der Waals surface area contributed by atoms with E-state index in [4.69, 9.17) is 9.47 Å². The van der Waals surface area contributed by atoms with Crippen LogP contribution < -0.4 is 4.74 Å². The van der Waals surface area contributed by atoms with E-state index < -0.39 is 5.92 Å². The zero-order valence-corrected chi connectivity index (χ0v) is 15.8. The van der Waals surface area contributed by atoms with Crippen molar-refractivity contribution in [2.45, 2.75) is 19.9 Å². The second-order valence-electron chi connectivity index (χ2n) is 6.35. The summed E-state index contributed by atoms with van der Waals surface area (Å²) in [5.74, 6) is -0.585. The summed E-state index contributed by atoms with van der Waals surface area (Å²) in [6.45, 7) is 2.22. The minimum absolute atomic E-state index is 0.125. The molecule has 0 aliphatic carbocycles. The topological polar surface area (TPSA) is 55.8 Å². The van der Waals surface area contributed by atoms with Gasteiger partial charge in [0.05, 0.1) is 26.6 Å². The van der Waals surface area contributed by atoms with Gasteiger partial charge >= 0.3 is 5.97 Å². The second kappa shape index (κ2) is 9.71. The van der Waals surface area contributed by atoms with Crippen molar-refractivity contribution >= 4 is 11.9 Å². The Morgan fingerprint density at radius 1 is 1.00 bits per heavy atom. The molecule has 2 aromatic rings. The van der Waals surface area contributed by atoms with Crippen molar-refractivity contribution in [3.05, 3.63) is 65.5 Å². The number of benzene rings is 2. The zero-order valence-electron chi connectivity index (χ0n) is 15.8. The number of ether oxygens (including phenoxy) is 2. The molecule has 0 fully saturated rings. The SMILES string of the molecule is COC(=O)C(C)CN(Cc1ccc(F)cc1)C(=O)Cc1ccc(OC)cc1. The average Bonchev–Trinajstić information content (AvgIpc) is 2.68. The molecule has 0 saturated heterocycles. The van der Waals surface area contributed by atoms with Crippen LogP contribution in [0.3, 0.4) is 0 Å². The van der Waals surface area contributed by atoms with Crippen LogP contribution in [0.4, 0.5) is 4.39 Å². The lowest BCUT2D eigenvalue weighted by Crippen LogP contribution is -2.37. The standard InChI is InChI=1S/C21H24FNO4/c1-15(21(25)27-3)13-23(14-17-4-8-18(22)9-5-17)20(24)12-16-6-10-19(26-2)11-7-16/h4-11,15H,12-14H2,1-3H3. The molecular formula is C21H24FNO4. The predicted molar refractivity (Wildman–Crippen MR) is 99.7 cm³/mol. The molecule has 0 aliphatic heterocycles. The first-order valence-corrected chi connectivity index (χ1v) is 8.66. The third kappa shape index (κ3) is 6.09. The zero-order chi connectivity index (χ0) is 19.8. The summed E-state index contributed by atoms with van der Waals surface area (Å²) in [4.78, 5) is 26.2. The highest BCUT2D eigenvalue weighted by Crippen LogP contribution is 2.15. The number of nitrogens with zero attached hydrogens (tertiary/aromatic N) is 1. The Balaban J connectivity index is 2.14. The van der Waals surface area contributed by atoms with Crippen LogP contribution in [0.25, 0.3) is 0 Å². The van der Waals surface area contributed by atoms with Crippen molar-refractivity contribution in [1.82, 2.24) is 4.90 Å². The molecule has 0 spiro atoms. The average molecular weight is 373 g/mol. The van der Waals surface area contributed by atoms with E-state index in [1.54, 1.807) is 43.2 Å². The Morgan fingerprint density at radius 2 is 1.59 bits per heavy atom. The molecule has 27 heavy (non-hydrogen) atoms. The fourth-order valence-corrected chi connectivity index (χ4v) is 2.70. The number of esters is 1. The highest BCUT2D eigenvalue weighted by molar-refractivity contribution is 5.80. The number of halogens is 1. The summed E-state index contributed by atoms with van der Waals surface area (Å²) < 4.78 is 23.0. The molecule has 0 aliphatic rings. The van der Waals surface area contributed by atoms with Gasteiger partial charge in [0.15, 0.2) is 0 Å². The Kier molecular flexibility index (Phi) is 7.34. The minimum Gasteiger partial charge on any atom is -0.497 e. The van der Waals surface area contributed by atoms with Gasteiger partial charge in [-0.05, 0) is 35.4 Å². The highest BCUT2D eigenvalue weighted by Gasteiger charge is 2.22. The number of methoxy groups -OCH3 is 2. The van der Waals surface area contributed by atoms with E-state index in [9.17, 15) is 14.0 Å². The maximum absolute atomic E-state index is 13.1. The maximum Gasteiger partial charge on any atom is 0.310 e. The number of hydrogen-bond donors (Lipinski definition) is 0. The number of hydrogen-bond acceptors (Lipinski definition) is 4. The molecule has 1 amide bonds. The van der Waals surface area contributed by atoms with Gasteiger partial charge in [-0.2, -0.15) is 0 Å². The lowest BCUT2D eigenvalue weighted by atomic mass is 10.1. The molecule has 0 heterocycles. The molecular weight excluding hydrogens is 349 g/mol. The maximum atomic E-state index is 13.1. The van der Waals surface area contributed by atoms with Crippen molar-refractivity contribution in [2.75, 3.05) is 20.8 Å². The van der Waals surface area contributed by atoms with Crippen molar-refractivity contribution in [3.63, 3.8) is 0 Å². The van der Waals surface area contributed by atoms with Crippen LogP contribution in [-0.4, -0.2) is 37.5 Å². The van der Waals surface area contributed by atoms with Gasteiger partial charge in [0.2, 0.25) is 5.91 Å². The van der Waals surface area contributed by atoms with Gasteiger partial charge in [0.25, 0.3) is 0 Å². The Labute approximate surface area is 158 Å². The van der Waals surface area contributed by atoms with Gasteiger partial charge in [0.1, 0.15) is 11.6 Å². The van der Waals surface area contributed by atoms with E-state index >= 15 is 0 Å². The number of amides is 1. The second-order valence-corrected chi connectivity index (χ2v) is 6.35. The third-order valence-electron chi connectivity index (χ3n) is 4.25. The first-order chi connectivity index (χ1) is 12.9. The fourth-order valence-electron chi connectivity index (χ4n) is 2.70. The summed E-state index contributed by atoms with van der Waals surface area (Å²) in [5.41, 5.74) is 1.63. The van der Waals surface area contributed by atoms with E-state index in [0.717, 1.165) is 11.1 Å². The van der Waals surface area contributed by atoms with E-state index in [1.807, 2.05) is 12.1 Å². The van der Waals surface area contributed by atoms with E-state index in [0.29, 0.717) is 5.75 Å². The monoisotopic (exact) mass is 373 g/mol. The number of carbonyl (C=O) groups is 2. The van der Waals surface area contributed by atoms with Crippen LogP contribution in [0.1, 0.15) is 18.1 Å². The van der Waals surface area contributed by atoms with Gasteiger partial charge < -0.3 is 14.4 Å². The molecule has 0 aromatic heterocycles. The van der Waals surface area contributed by atoms with Crippen molar-refractivity contribution in [3.8, 4) is 5.75 Å². The van der Waals surface area contributed by atoms with Crippen LogP contribution in [0.5, 0.6) is 5.75 Å². The molecule has 0 N–H and O–H groups in total. The smallest absolute Gasteiger partial charge is 0.310 e. The molecule has 0 radical (unpaired) electrons. The Bertz CT molecular complexity index is 759.